The minimum absolute atomic E-state index is 0. The van der Waals surface area contributed by atoms with Crippen molar-refractivity contribution in [3.63, 3.8) is 0 Å². The van der Waals surface area contributed by atoms with Gasteiger partial charge in [0.1, 0.15) is 0 Å². The van der Waals surface area contributed by atoms with Gasteiger partial charge in [0.2, 0.25) is 5.91 Å². The molecule has 2 aliphatic heterocycles. The van der Waals surface area contributed by atoms with Crippen molar-refractivity contribution in [3.05, 3.63) is 0 Å². The maximum absolute atomic E-state index is 11.5. The number of carbonyl (C=O) groups excluding carboxylic acids is 2. The largest absolute Gasteiger partial charge is 0.356 e. The zero-order valence-electron chi connectivity index (χ0n) is 15.2. The van der Waals surface area contributed by atoms with Crippen LogP contribution in [0.15, 0.2) is 4.99 Å². The molecule has 25 heavy (non-hydrogen) atoms. The first-order valence-corrected chi connectivity index (χ1v) is 8.85. The Labute approximate surface area is 167 Å². The molecule has 3 N–H and O–H groups in total. The zero-order chi connectivity index (χ0) is 17.4. The maximum atomic E-state index is 11.5. The average molecular weight is 466 g/mol. The summed E-state index contributed by atoms with van der Waals surface area (Å²) >= 11 is 0. The third-order valence-electron chi connectivity index (χ3n) is 4.61. The van der Waals surface area contributed by atoms with Crippen molar-refractivity contribution in [3.8, 4) is 0 Å². The quantitative estimate of drug-likeness (QED) is 0.167. The van der Waals surface area contributed by atoms with Gasteiger partial charge in [-0.05, 0) is 44.8 Å². The van der Waals surface area contributed by atoms with Gasteiger partial charge in [0.15, 0.2) is 5.96 Å². The van der Waals surface area contributed by atoms with Gasteiger partial charge in [0.25, 0.3) is 0 Å². The van der Waals surface area contributed by atoms with Gasteiger partial charge in [-0.3, -0.25) is 14.7 Å². The molecule has 144 valence electrons. The van der Waals surface area contributed by atoms with Crippen LogP contribution in [0.25, 0.3) is 0 Å². The van der Waals surface area contributed by atoms with Crippen molar-refractivity contribution in [2.75, 3.05) is 52.9 Å². The first-order valence-electron chi connectivity index (χ1n) is 8.85. The van der Waals surface area contributed by atoms with E-state index in [9.17, 15) is 9.59 Å². The van der Waals surface area contributed by atoms with E-state index >= 15 is 0 Å². The molecule has 0 aromatic carbocycles. The Hall–Kier alpha value is -1.10. The minimum atomic E-state index is -0.319. The summed E-state index contributed by atoms with van der Waals surface area (Å²) in [6.07, 6.45) is 3.68. The topological polar surface area (TPSA) is 89.1 Å². The second-order valence-electron chi connectivity index (χ2n) is 6.51. The average Bonchev–Trinajstić information content (AvgIpc) is 2.90. The number of nitrogens with zero attached hydrogens (tertiary/aromatic N) is 3. The molecule has 0 atom stereocenters. The van der Waals surface area contributed by atoms with Gasteiger partial charge in [-0.1, -0.05) is 6.92 Å². The van der Waals surface area contributed by atoms with E-state index in [1.807, 2.05) is 0 Å². The fourth-order valence-electron chi connectivity index (χ4n) is 2.98. The van der Waals surface area contributed by atoms with Crippen LogP contribution in [-0.4, -0.2) is 80.6 Å². The summed E-state index contributed by atoms with van der Waals surface area (Å²) in [4.78, 5) is 30.8. The molecular weight excluding hydrogens is 435 g/mol. The second kappa shape index (κ2) is 11.5. The van der Waals surface area contributed by atoms with Gasteiger partial charge < -0.3 is 20.9 Å². The molecule has 0 saturated carbocycles. The molecule has 8 nitrogen and oxygen atoms in total. The zero-order valence-corrected chi connectivity index (χ0v) is 17.5. The van der Waals surface area contributed by atoms with E-state index in [1.165, 1.54) is 30.8 Å². The Morgan fingerprint density at radius 3 is 2.48 bits per heavy atom. The number of amides is 3. The summed E-state index contributed by atoms with van der Waals surface area (Å²) < 4.78 is 0. The number of halogens is 1. The highest BCUT2D eigenvalue weighted by Crippen LogP contribution is 2.15. The molecule has 2 saturated heterocycles. The molecule has 2 rings (SSSR count). The van der Waals surface area contributed by atoms with E-state index in [2.05, 4.69) is 32.8 Å². The lowest BCUT2D eigenvalue weighted by atomic mass is 9.99. The number of hydrogen-bond donors (Lipinski definition) is 3. The molecule has 0 spiro atoms. The highest BCUT2D eigenvalue weighted by atomic mass is 127. The molecule has 0 unspecified atom stereocenters. The Balaban J connectivity index is 0.00000312. The normalized spacial score (nSPS) is 19.6. The van der Waals surface area contributed by atoms with Crippen molar-refractivity contribution < 1.29 is 9.59 Å². The van der Waals surface area contributed by atoms with Crippen LogP contribution in [0.1, 0.15) is 26.2 Å². The number of carbonyl (C=O) groups is 2. The lowest BCUT2D eigenvalue weighted by molar-refractivity contribution is -0.124. The predicted octanol–water partition coefficient (Wildman–Crippen LogP) is 0.443. The summed E-state index contributed by atoms with van der Waals surface area (Å²) in [7, 11) is 1.72. The lowest BCUT2D eigenvalue weighted by Gasteiger charge is -2.30. The highest BCUT2D eigenvalue weighted by molar-refractivity contribution is 14.0. The van der Waals surface area contributed by atoms with Crippen LogP contribution in [0, 0.1) is 5.92 Å². The van der Waals surface area contributed by atoms with Gasteiger partial charge >= 0.3 is 6.03 Å². The lowest BCUT2D eigenvalue weighted by Crippen LogP contribution is -2.44. The third-order valence-corrected chi connectivity index (χ3v) is 4.61. The number of hydrogen-bond acceptors (Lipinski definition) is 4. The van der Waals surface area contributed by atoms with Crippen molar-refractivity contribution in [2.24, 2.45) is 10.9 Å². The van der Waals surface area contributed by atoms with E-state index in [0.29, 0.717) is 19.0 Å². The van der Waals surface area contributed by atoms with Crippen LogP contribution in [0.2, 0.25) is 0 Å². The number of aliphatic imine (C=N–C) groups is 1. The molecule has 3 amide bonds. The number of imide groups is 1. The van der Waals surface area contributed by atoms with Gasteiger partial charge in [0.05, 0.1) is 6.54 Å². The van der Waals surface area contributed by atoms with E-state index < -0.39 is 0 Å². The molecule has 9 heteroatoms. The van der Waals surface area contributed by atoms with E-state index in [-0.39, 0.29) is 42.5 Å². The first kappa shape index (κ1) is 21.9. The fourth-order valence-corrected chi connectivity index (χ4v) is 2.98. The molecule has 2 aliphatic rings. The maximum Gasteiger partial charge on any atom is 0.324 e. The number of piperidine rings is 1. The summed E-state index contributed by atoms with van der Waals surface area (Å²) in [5.74, 6) is 1.39. The number of guanidine groups is 1. The van der Waals surface area contributed by atoms with Crippen molar-refractivity contribution in [1.29, 1.82) is 0 Å². The smallest absolute Gasteiger partial charge is 0.324 e. The molecule has 2 heterocycles. The third kappa shape index (κ3) is 7.35. The molecule has 0 aromatic heterocycles. The van der Waals surface area contributed by atoms with Crippen LogP contribution in [0.5, 0.6) is 0 Å². The fraction of sp³-hybridized carbons (Fsp3) is 0.812. The van der Waals surface area contributed by atoms with Crippen molar-refractivity contribution in [2.45, 2.75) is 26.2 Å². The first-order chi connectivity index (χ1) is 11.6. The van der Waals surface area contributed by atoms with Crippen LogP contribution in [0.3, 0.4) is 0 Å². The molecule has 2 fully saturated rings. The standard InChI is InChI=1S/C16H30N6O2.HI/c1-13-4-9-21(10-5-13)8-3-6-18-15(17-2)19-7-11-22-14(23)12-20-16(22)24;/h13H,3-12H2,1-2H3,(H,20,24)(H2,17,18,19);1H. The second-order valence-corrected chi connectivity index (χ2v) is 6.51. The minimum Gasteiger partial charge on any atom is -0.356 e. The van der Waals surface area contributed by atoms with Crippen molar-refractivity contribution in [1.82, 2.24) is 25.8 Å². The van der Waals surface area contributed by atoms with E-state index in [4.69, 9.17) is 0 Å². The van der Waals surface area contributed by atoms with Crippen LogP contribution in [0.4, 0.5) is 4.79 Å². The molecule has 0 aromatic rings. The monoisotopic (exact) mass is 466 g/mol. The molecular formula is C16H31IN6O2. The summed E-state index contributed by atoms with van der Waals surface area (Å²) in [5.41, 5.74) is 0. The Morgan fingerprint density at radius 1 is 1.20 bits per heavy atom. The van der Waals surface area contributed by atoms with Gasteiger partial charge in [-0.15, -0.1) is 24.0 Å². The number of nitrogens with one attached hydrogen (secondary N) is 3. The molecule has 0 radical (unpaired) electrons. The number of likely N-dealkylation sites (tertiary alicyclic amines) is 1. The Kier molecular flexibility index (Phi) is 10.1. The van der Waals surface area contributed by atoms with Crippen LogP contribution >= 0.6 is 24.0 Å². The molecule has 0 aliphatic carbocycles. The Bertz CT molecular complexity index is 450. The van der Waals surface area contributed by atoms with Crippen LogP contribution < -0.4 is 16.0 Å². The summed E-state index contributed by atoms with van der Waals surface area (Å²) in [5, 5.41) is 8.91. The SMILES string of the molecule is CN=C(NCCCN1CCC(C)CC1)NCCN1C(=O)CNC1=O.I. The van der Waals surface area contributed by atoms with E-state index in [1.54, 1.807) is 7.05 Å². The van der Waals surface area contributed by atoms with Gasteiger partial charge in [-0.2, -0.15) is 0 Å². The Morgan fingerprint density at radius 2 is 1.88 bits per heavy atom. The predicted molar refractivity (Wildman–Crippen MR) is 109 cm³/mol. The van der Waals surface area contributed by atoms with Crippen molar-refractivity contribution >= 4 is 41.9 Å². The molecule has 0 bridgehead atoms. The summed E-state index contributed by atoms with van der Waals surface area (Å²) in [6.45, 7) is 7.64. The van der Waals surface area contributed by atoms with Gasteiger partial charge in [-0.25, -0.2) is 4.79 Å². The van der Waals surface area contributed by atoms with Gasteiger partial charge in [0, 0.05) is 26.7 Å². The number of urea groups is 1. The summed E-state index contributed by atoms with van der Waals surface area (Å²) in [6, 6.07) is -0.319. The van der Waals surface area contributed by atoms with Crippen LogP contribution in [-0.2, 0) is 4.79 Å². The van der Waals surface area contributed by atoms with E-state index in [0.717, 1.165) is 25.4 Å². The highest BCUT2D eigenvalue weighted by Gasteiger charge is 2.27. The number of rotatable bonds is 7.